The predicted octanol–water partition coefficient (Wildman–Crippen LogP) is 5.68. The van der Waals surface area contributed by atoms with Crippen LogP contribution in [0.25, 0.3) is 26.3 Å². The van der Waals surface area contributed by atoms with E-state index in [0.717, 1.165) is 10.4 Å². The van der Waals surface area contributed by atoms with E-state index in [4.69, 9.17) is 25.8 Å². The van der Waals surface area contributed by atoms with Gasteiger partial charge in [-0.25, -0.2) is 9.78 Å². The highest BCUT2D eigenvalue weighted by Crippen LogP contribution is 2.33. The Bertz CT molecular complexity index is 1440. The minimum atomic E-state index is -0.569. The third kappa shape index (κ3) is 5.98. The number of fused-ring (bicyclic) bond motifs is 1. The van der Waals surface area contributed by atoms with E-state index in [1.165, 1.54) is 29.3 Å². The lowest BCUT2D eigenvalue weighted by atomic mass is 10.2. The first-order valence-electron chi connectivity index (χ1n) is 11.2. The topological polar surface area (TPSA) is 91.7 Å². The number of halogens is 1. The Morgan fingerprint density at radius 2 is 1.86 bits per heavy atom. The zero-order valence-electron chi connectivity index (χ0n) is 20.3. The minimum Gasteiger partial charge on any atom is -0.493 e. The molecule has 0 saturated carbocycles. The van der Waals surface area contributed by atoms with Gasteiger partial charge in [-0.05, 0) is 56.7 Å². The minimum absolute atomic E-state index is 0.178. The van der Waals surface area contributed by atoms with Gasteiger partial charge >= 0.3 is 6.09 Å². The van der Waals surface area contributed by atoms with Gasteiger partial charge in [0.1, 0.15) is 23.2 Å². The number of carbonyl (C=O) groups excluding carboxylic acids is 1. The number of nitrogens with one attached hydrogen (secondary N) is 1. The average molecular weight is 528 g/mol. The van der Waals surface area contributed by atoms with E-state index in [1.807, 2.05) is 30.3 Å². The molecule has 188 valence electrons. The molecule has 2 aromatic heterocycles. The molecule has 8 nitrogen and oxygen atoms in total. The normalized spacial score (nSPS) is 11.4. The van der Waals surface area contributed by atoms with Gasteiger partial charge in [0.25, 0.3) is 5.56 Å². The molecule has 4 aromatic rings. The largest absolute Gasteiger partial charge is 0.493 e. The molecule has 36 heavy (non-hydrogen) atoms. The van der Waals surface area contributed by atoms with Crippen molar-refractivity contribution in [2.45, 2.75) is 26.4 Å². The average Bonchev–Trinajstić information content (AvgIpc) is 3.27. The third-order valence-corrected chi connectivity index (χ3v) is 6.43. The molecule has 0 saturated heterocycles. The van der Waals surface area contributed by atoms with Gasteiger partial charge in [-0.1, -0.05) is 23.7 Å². The van der Waals surface area contributed by atoms with Crippen LogP contribution in [0, 0.1) is 0 Å². The zero-order chi connectivity index (χ0) is 25.9. The Morgan fingerprint density at radius 1 is 1.11 bits per heavy atom. The number of aromatic nitrogens is 2. The second-order valence-electron chi connectivity index (χ2n) is 8.86. The highest BCUT2D eigenvalue weighted by atomic mass is 35.5. The first-order valence-corrected chi connectivity index (χ1v) is 12.4. The Balaban J connectivity index is 1.51. The van der Waals surface area contributed by atoms with Crippen LogP contribution in [0.15, 0.2) is 59.7 Å². The lowest BCUT2D eigenvalue weighted by Gasteiger charge is -2.19. The molecule has 10 heteroatoms. The number of benzene rings is 2. The van der Waals surface area contributed by atoms with Gasteiger partial charge in [0.05, 0.1) is 24.9 Å². The number of nitrogens with zero attached hydrogens (tertiary/aromatic N) is 2. The number of methoxy groups -OCH3 is 1. The van der Waals surface area contributed by atoms with E-state index >= 15 is 0 Å². The van der Waals surface area contributed by atoms with Crippen molar-refractivity contribution in [3.63, 3.8) is 0 Å². The number of hydrogen-bond acceptors (Lipinski definition) is 7. The lowest BCUT2D eigenvalue weighted by Crippen LogP contribution is -2.34. The monoisotopic (exact) mass is 527 g/mol. The van der Waals surface area contributed by atoms with Crippen LogP contribution >= 0.6 is 22.9 Å². The van der Waals surface area contributed by atoms with Crippen LogP contribution in [0.3, 0.4) is 0 Å². The van der Waals surface area contributed by atoms with Crippen molar-refractivity contribution in [1.82, 2.24) is 14.9 Å². The molecule has 0 fully saturated rings. The molecular formula is C26H26ClN3O5S. The highest BCUT2D eigenvalue weighted by Gasteiger charge is 2.16. The molecule has 4 rings (SSSR count). The summed E-state index contributed by atoms with van der Waals surface area (Å²) in [6.45, 7) is 5.86. The van der Waals surface area contributed by atoms with Crippen molar-refractivity contribution in [2.75, 3.05) is 20.3 Å². The van der Waals surface area contributed by atoms with Crippen molar-refractivity contribution in [2.24, 2.45) is 0 Å². The molecule has 2 aromatic carbocycles. The lowest BCUT2D eigenvalue weighted by molar-refractivity contribution is 0.0520. The Hall–Kier alpha value is -3.56. The molecule has 0 aliphatic heterocycles. The fourth-order valence-corrected chi connectivity index (χ4v) is 4.58. The number of hydrogen-bond donors (Lipinski definition) is 1. The van der Waals surface area contributed by atoms with Crippen LogP contribution < -0.4 is 20.3 Å². The Labute approximate surface area is 217 Å². The van der Waals surface area contributed by atoms with E-state index in [0.29, 0.717) is 32.4 Å². The van der Waals surface area contributed by atoms with Crippen molar-refractivity contribution in [1.29, 1.82) is 0 Å². The van der Waals surface area contributed by atoms with Crippen molar-refractivity contribution < 1.29 is 19.0 Å². The quantitative estimate of drug-likeness (QED) is 0.311. The summed E-state index contributed by atoms with van der Waals surface area (Å²) in [5, 5.41) is 3.29. The van der Waals surface area contributed by atoms with Crippen molar-refractivity contribution >= 4 is 39.2 Å². The molecule has 0 aliphatic carbocycles. The summed E-state index contributed by atoms with van der Waals surface area (Å²) in [5.74, 6) is 0.931. The standard InChI is InChI=1S/C26H26ClN3O5S/c1-26(2,3)35-25(32)28-11-12-34-20-10-9-18(13-21(20)33-4)30-15-29-19-14-22(36-23(19)24(30)31)16-5-7-17(27)8-6-16/h5-10,13-15H,11-12H2,1-4H3,(H,28,32). The number of alkyl carbamates (subject to hydrolysis) is 1. The maximum absolute atomic E-state index is 13.3. The van der Waals surface area contributed by atoms with Gasteiger partial charge in [0.2, 0.25) is 0 Å². The number of carbonyl (C=O) groups is 1. The molecule has 1 amide bonds. The van der Waals surface area contributed by atoms with Gasteiger partial charge in [0.15, 0.2) is 11.5 Å². The summed E-state index contributed by atoms with van der Waals surface area (Å²) in [7, 11) is 1.52. The second-order valence-corrected chi connectivity index (χ2v) is 10.4. The number of amides is 1. The fraction of sp³-hybridized carbons (Fsp3) is 0.269. The summed E-state index contributed by atoms with van der Waals surface area (Å²) in [4.78, 5) is 30.5. The SMILES string of the molecule is COc1cc(-n2cnc3cc(-c4ccc(Cl)cc4)sc3c2=O)ccc1OCCNC(=O)OC(C)(C)C. The molecule has 0 unspecified atom stereocenters. The predicted molar refractivity (Wildman–Crippen MR) is 142 cm³/mol. The summed E-state index contributed by atoms with van der Waals surface area (Å²) < 4.78 is 18.4. The van der Waals surface area contributed by atoms with Gasteiger partial charge in [-0.3, -0.25) is 9.36 Å². The van der Waals surface area contributed by atoms with E-state index in [2.05, 4.69) is 10.3 Å². The van der Waals surface area contributed by atoms with E-state index in [-0.39, 0.29) is 18.7 Å². The molecule has 0 spiro atoms. The zero-order valence-corrected chi connectivity index (χ0v) is 21.9. The van der Waals surface area contributed by atoms with Crippen LogP contribution in [0.5, 0.6) is 11.5 Å². The molecule has 0 bridgehead atoms. The molecule has 0 radical (unpaired) electrons. The van der Waals surface area contributed by atoms with E-state index in [1.54, 1.807) is 39.0 Å². The number of rotatable bonds is 7. The summed E-state index contributed by atoms with van der Waals surface area (Å²) in [6, 6.07) is 14.5. The third-order valence-electron chi connectivity index (χ3n) is 5.02. The van der Waals surface area contributed by atoms with Crippen molar-refractivity contribution in [3.8, 4) is 27.6 Å². The first kappa shape index (κ1) is 25.5. The fourth-order valence-electron chi connectivity index (χ4n) is 3.41. The molecular weight excluding hydrogens is 502 g/mol. The van der Waals surface area contributed by atoms with Gasteiger partial charge in [-0.2, -0.15) is 0 Å². The van der Waals surface area contributed by atoms with Crippen LogP contribution in [-0.2, 0) is 4.74 Å². The summed E-state index contributed by atoms with van der Waals surface area (Å²) in [6.07, 6.45) is 0.992. The highest BCUT2D eigenvalue weighted by molar-refractivity contribution is 7.22. The van der Waals surface area contributed by atoms with Gasteiger partial charge < -0.3 is 19.5 Å². The van der Waals surface area contributed by atoms with E-state index in [9.17, 15) is 9.59 Å². The first-order chi connectivity index (χ1) is 17.1. The smallest absolute Gasteiger partial charge is 0.407 e. The van der Waals surface area contributed by atoms with Crippen LogP contribution in [0.4, 0.5) is 4.79 Å². The molecule has 2 heterocycles. The second kappa shape index (κ2) is 10.6. The Morgan fingerprint density at radius 3 is 2.56 bits per heavy atom. The number of thiophene rings is 1. The van der Waals surface area contributed by atoms with Gasteiger partial charge in [-0.15, -0.1) is 11.3 Å². The van der Waals surface area contributed by atoms with Crippen LogP contribution in [0.1, 0.15) is 20.8 Å². The summed E-state index contributed by atoms with van der Waals surface area (Å²) in [5.41, 5.74) is 1.45. The maximum Gasteiger partial charge on any atom is 0.407 e. The van der Waals surface area contributed by atoms with Crippen molar-refractivity contribution in [3.05, 3.63) is 70.2 Å². The van der Waals surface area contributed by atoms with E-state index < -0.39 is 11.7 Å². The Kier molecular flexibility index (Phi) is 7.51. The van der Waals surface area contributed by atoms with Crippen LogP contribution in [-0.4, -0.2) is 41.5 Å². The number of ether oxygens (including phenoxy) is 3. The molecule has 0 atom stereocenters. The maximum atomic E-state index is 13.3. The summed E-state index contributed by atoms with van der Waals surface area (Å²) >= 11 is 7.38. The molecule has 0 aliphatic rings. The van der Waals surface area contributed by atoms with Crippen LogP contribution in [0.2, 0.25) is 5.02 Å². The van der Waals surface area contributed by atoms with Gasteiger partial charge in [0, 0.05) is 16.0 Å². The molecule has 1 N–H and O–H groups in total.